The number of fused-ring (bicyclic) bond motifs is 1. The number of aromatic nitrogens is 2. The maximum atomic E-state index is 12.3. The zero-order chi connectivity index (χ0) is 15.0. The van der Waals surface area contributed by atoms with Crippen molar-refractivity contribution in [3.63, 3.8) is 0 Å². The van der Waals surface area contributed by atoms with E-state index >= 15 is 0 Å². The maximum Gasteiger partial charge on any atom is 0.223 e. The highest BCUT2D eigenvalue weighted by molar-refractivity contribution is 5.79. The van der Waals surface area contributed by atoms with Gasteiger partial charge in [-0.25, -0.2) is 0 Å². The number of nitrogens with one attached hydrogen (secondary N) is 2. The molecule has 3 rings (SSSR count). The van der Waals surface area contributed by atoms with Crippen LogP contribution < -0.4 is 10.6 Å². The first kappa shape index (κ1) is 14.6. The number of aryl methyl sites for hydroxylation is 1. The summed E-state index contributed by atoms with van der Waals surface area (Å²) in [6, 6.07) is 0.644. The Morgan fingerprint density at radius 2 is 2.19 bits per heavy atom. The average molecular weight is 290 g/mol. The minimum absolute atomic E-state index is 0.112. The van der Waals surface area contributed by atoms with Crippen molar-refractivity contribution in [3.05, 3.63) is 17.5 Å². The molecule has 0 saturated carbocycles. The molecule has 5 heteroatoms. The molecule has 5 nitrogen and oxygen atoms in total. The highest BCUT2D eigenvalue weighted by Crippen LogP contribution is 2.23. The highest BCUT2D eigenvalue weighted by Gasteiger charge is 2.31. The SMILES string of the molecule is CC(C(=O)NC1CCc2cn(C(C)C)nc2C1)C1CNC1. The minimum Gasteiger partial charge on any atom is -0.353 e. The van der Waals surface area contributed by atoms with Crippen molar-refractivity contribution in [2.45, 2.75) is 52.1 Å². The second-order valence-electron chi connectivity index (χ2n) is 6.83. The van der Waals surface area contributed by atoms with Crippen LogP contribution in [0.3, 0.4) is 0 Å². The normalized spacial score (nSPS) is 23.5. The second kappa shape index (κ2) is 5.79. The molecule has 116 valence electrons. The Bertz CT molecular complexity index is 518. The topological polar surface area (TPSA) is 59.0 Å². The van der Waals surface area contributed by atoms with E-state index in [1.54, 1.807) is 0 Å². The molecular formula is C16H26N4O. The number of hydrogen-bond acceptors (Lipinski definition) is 3. The molecule has 0 aromatic carbocycles. The number of nitrogens with zero attached hydrogens (tertiary/aromatic N) is 2. The fourth-order valence-corrected chi connectivity index (χ4v) is 3.11. The second-order valence-corrected chi connectivity index (χ2v) is 6.83. The molecule has 1 aromatic heterocycles. The van der Waals surface area contributed by atoms with E-state index < -0.39 is 0 Å². The van der Waals surface area contributed by atoms with Gasteiger partial charge in [0, 0.05) is 30.6 Å². The lowest BCUT2D eigenvalue weighted by molar-refractivity contribution is -0.127. The Morgan fingerprint density at radius 3 is 2.81 bits per heavy atom. The van der Waals surface area contributed by atoms with Crippen LogP contribution in [0.15, 0.2) is 6.20 Å². The first-order valence-electron chi connectivity index (χ1n) is 8.12. The van der Waals surface area contributed by atoms with Crippen molar-refractivity contribution in [1.82, 2.24) is 20.4 Å². The molecule has 2 unspecified atom stereocenters. The molecule has 2 aliphatic rings. The molecule has 21 heavy (non-hydrogen) atoms. The standard InChI is InChI=1S/C16H26N4O/c1-10(2)20-9-12-4-5-14(6-15(12)19-20)18-16(21)11(3)13-7-17-8-13/h9-11,13-14,17H,4-8H2,1-3H3,(H,18,21). The van der Waals surface area contributed by atoms with Crippen LogP contribution in [-0.4, -0.2) is 34.8 Å². The summed E-state index contributed by atoms with van der Waals surface area (Å²) in [4.78, 5) is 12.3. The fourth-order valence-electron chi connectivity index (χ4n) is 3.11. The molecule has 1 fully saturated rings. The van der Waals surface area contributed by atoms with Gasteiger partial charge >= 0.3 is 0 Å². The average Bonchev–Trinajstić information content (AvgIpc) is 2.79. The molecule has 1 aromatic rings. The molecular weight excluding hydrogens is 264 g/mol. The predicted octanol–water partition coefficient (Wildman–Crippen LogP) is 1.29. The number of amides is 1. The maximum absolute atomic E-state index is 12.3. The molecule has 0 spiro atoms. The van der Waals surface area contributed by atoms with Crippen molar-refractivity contribution < 1.29 is 4.79 Å². The third kappa shape index (κ3) is 2.98. The number of rotatable bonds is 4. The van der Waals surface area contributed by atoms with Gasteiger partial charge in [0.15, 0.2) is 0 Å². The Hall–Kier alpha value is -1.36. The van der Waals surface area contributed by atoms with Gasteiger partial charge in [0.2, 0.25) is 5.91 Å². The van der Waals surface area contributed by atoms with E-state index in [0.29, 0.717) is 12.0 Å². The van der Waals surface area contributed by atoms with E-state index in [1.165, 1.54) is 11.3 Å². The van der Waals surface area contributed by atoms with Crippen LogP contribution in [0.1, 0.15) is 44.5 Å². The van der Waals surface area contributed by atoms with Crippen LogP contribution in [-0.2, 0) is 17.6 Å². The van der Waals surface area contributed by atoms with Crippen LogP contribution in [0.5, 0.6) is 0 Å². The highest BCUT2D eigenvalue weighted by atomic mass is 16.1. The largest absolute Gasteiger partial charge is 0.353 e. The Labute approximate surface area is 126 Å². The van der Waals surface area contributed by atoms with Gasteiger partial charge in [-0.15, -0.1) is 0 Å². The lowest BCUT2D eigenvalue weighted by atomic mass is 9.87. The molecule has 1 aliphatic carbocycles. The lowest BCUT2D eigenvalue weighted by Crippen LogP contribution is -2.51. The lowest BCUT2D eigenvalue weighted by Gasteiger charge is -2.33. The van der Waals surface area contributed by atoms with Gasteiger partial charge in [0.05, 0.1) is 5.69 Å². The minimum atomic E-state index is 0.112. The van der Waals surface area contributed by atoms with Crippen LogP contribution in [0.4, 0.5) is 0 Å². The summed E-state index contributed by atoms with van der Waals surface area (Å²) >= 11 is 0. The van der Waals surface area contributed by atoms with Crippen molar-refractivity contribution in [1.29, 1.82) is 0 Å². The Kier molecular flexibility index (Phi) is 4.02. The number of hydrogen-bond donors (Lipinski definition) is 2. The first-order chi connectivity index (χ1) is 10.0. The molecule has 0 bridgehead atoms. The van der Waals surface area contributed by atoms with E-state index in [1.807, 2.05) is 11.6 Å². The third-order valence-electron chi connectivity index (χ3n) is 4.91. The quantitative estimate of drug-likeness (QED) is 0.878. The number of carbonyl (C=O) groups excluding carboxylic acids is 1. The van der Waals surface area contributed by atoms with Gasteiger partial charge in [-0.05, 0) is 51.3 Å². The van der Waals surface area contributed by atoms with Gasteiger partial charge in [-0.1, -0.05) is 6.92 Å². The molecule has 1 amide bonds. The van der Waals surface area contributed by atoms with E-state index in [0.717, 1.165) is 32.4 Å². The molecule has 2 atom stereocenters. The number of carbonyl (C=O) groups is 1. The van der Waals surface area contributed by atoms with Crippen molar-refractivity contribution >= 4 is 5.91 Å². The van der Waals surface area contributed by atoms with Gasteiger partial charge in [-0.3, -0.25) is 9.48 Å². The summed E-state index contributed by atoms with van der Waals surface area (Å²) in [6.07, 6.45) is 5.08. The zero-order valence-electron chi connectivity index (χ0n) is 13.2. The monoisotopic (exact) mass is 290 g/mol. The van der Waals surface area contributed by atoms with E-state index in [4.69, 9.17) is 0 Å². The van der Waals surface area contributed by atoms with Crippen molar-refractivity contribution in [3.8, 4) is 0 Å². The summed E-state index contributed by atoms with van der Waals surface area (Å²) in [6.45, 7) is 8.28. The summed E-state index contributed by atoms with van der Waals surface area (Å²) in [5.74, 6) is 0.823. The first-order valence-corrected chi connectivity index (χ1v) is 8.12. The van der Waals surface area contributed by atoms with E-state index in [9.17, 15) is 4.79 Å². The van der Waals surface area contributed by atoms with Crippen LogP contribution >= 0.6 is 0 Å². The Balaban J connectivity index is 1.59. The van der Waals surface area contributed by atoms with Gasteiger partial charge in [0.1, 0.15) is 0 Å². The molecule has 2 heterocycles. The fraction of sp³-hybridized carbons (Fsp3) is 0.750. The summed E-state index contributed by atoms with van der Waals surface area (Å²) in [7, 11) is 0. The van der Waals surface area contributed by atoms with Crippen LogP contribution in [0, 0.1) is 11.8 Å². The van der Waals surface area contributed by atoms with Crippen molar-refractivity contribution in [2.24, 2.45) is 11.8 Å². The third-order valence-corrected chi connectivity index (χ3v) is 4.91. The van der Waals surface area contributed by atoms with E-state index in [2.05, 4.69) is 35.8 Å². The van der Waals surface area contributed by atoms with E-state index in [-0.39, 0.29) is 17.9 Å². The van der Waals surface area contributed by atoms with Gasteiger partial charge in [0.25, 0.3) is 0 Å². The van der Waals surface area contributed by atoms with Crippen LogP contribution in [0.2, 0.25) is 0 Å². The Morgan fingerprint density at radius 1 is 1.43 bits per heavy atom. The summed E-state index contributed by atoms with van der Waals surface area (Å²) in [5.41, 5.74) is 2.52. The summed E-state index contributed by atoms with van der Waals surface area (Å²) < 4.78 is 2.04. The zero-order valence-corrected chi connectivity index (χ0v) is 13.2. The van der Waals surface area contributed by atoms with Gasteiger partial charge < -0.3 is 10.6 Å². The van der Waals surface area contributed by atoms with Crippen LogP contribution in [0.25, 0.3) is 0 Å². The van der Waals surface area contributed by atoms with Gasteiger partial charge in [-0.2, -0.15) is 5.10 Å². The smallest absolute Gasteiger partial charge is 0.223 e. The summed E-state index contributed by atoms with van der Waals surface area (Å²) in [5, 5.41) is 11.1. The molecule has 0 radical (unpaired) electrons. The van der Waals surface area contributed by atoms with Crippen molar-refractivity contribution in [2.75, 3.05) is 13.1 Å². The molecule has 1 aliphatic heterocycles. The molecule has 2 N–H and O–H groups in total. The predicted molar refractivity (Wildman–Crippen MR) is 82.1 cm³/mol. The molecule has 1 saturated heterocycles.